The van der Waals surface area contributed by atoms with E-state index in [4.69, 9.17) is 4.42 Å². The lowest BCUT2D eigenvalue weighted by atomic mass is 10.1. The van der Waals surface area contributed by atoms with Crippen LogP contribution in [0.4, 0.5) is 0 Å². The molecule has 0 aliphatic rings. The van der Waals surface area contributed by atoms with E-state index >= 15 is 0 Å². The molecule has 0 N–H and O–H groups in total. The van der Waals surface area contributed by atoms with Crippen LogP contribution in [-0.2, 0) is 5.33 Å². The maximum absolute atomic E-state index is 12.3. The van der Waals surface area contributed by atoms with E-state index in [1.54, 1.807) is 6.07 Å². The molecule has 0 aliphatic carbocycles. The van der Waals surface area contributed by atoms with Crippen LogP contribution < -0.4 is 5.43 Å². The van der Waals surface area contributed by atoms with E-state index in [-0.39, 0.29) is 5.43 Å². The first kappa shape index (κ1) is 12.2. The maximum atomic E-state index is 12.3. The molecular formula is C16H11BrO2. The summed E-state index contributed by atoms with van der Waals surface area (Å²) in [5.41, 5.74) is 2.48. The summed E-state index contributed by atoms with van der Waals surface area (Å²) < 4.78 is 5.85. The van der Waals surface area contributed by atoms with Gasteiger partial charge < -0.3 is 4.42 Å². The summed E-state index contributed by atoms with van der Waals surface area (Å²) >= 11 is 3.40. The molecule has 19 heavy (non-hydrogen) atoms. The van der Waals surface area contributed by atoms with Gasteiger partial charge in [-0.3, -0.25) is 4.79 Å². The van der Waals surface area contributed by atoms with E-state index in [1.807, 2.05) is 48.5 Å². The molecule has 1 aromatic heterocycles. The third-order valence-corrected chi connectivity index (χ3v) is 3.65. The van der Waals surface area contributed by atoms with Crippen LogP contribution in [0.25, 0.3) is 22.3 Å². The fourth-order valence-electron chi connectivity index (χ4n) is 2.14. The Hall–Kier alpha value is -1.87. The summed E-state index contributed by atoms with van der Waals surface area (Å²) in [5.74, 6) is 0.602. The van der Waals surface area contributed by atoms with Gasteiger partial charge in [0.15, 0.2) is 5.43 Å². The molecule has 0 aliphatic heterocycles. The van der Waals surface area contributed by atoms with E-state index in [0.29, 0.717) is 22.1 Å². The minimum Gasteiger partial charge on any atom is -0.456 e. The molecule has 0 saturated heterocycles. The Balaban J connectivity index is 2.30. The second-order valence-corrected chi connectivity index (χ2v) is 4.83. The van der Waals surface area contributed by atoms with Crippen molar-refractivity contribution in [1.82, 2.24) is 0 Å². The summed E-state index contributed by atoms with van der Waals surface area (Å²) in [4.78, 5) is 12.3. The van der Waals surface area contributed by atoms with Crippen molar-refractivity contribution in [3.8, 4) is 11.3 Å². The van der Waals surface area contributed by atoms with Gasteiger partial charge in [-0.2, -0.15) is 0 Å². The van der Waals surface area contributed by atoms with Crippen LogP contribution >= 0.6 is 15.9 Å². The van der Waals surface area contributed by atoms with Crippen LogP contribution in [0.15, 0.2) is 63.8 Å². The van der Waals surface area contributed by atoms with Gasteiger partial charge in [-0.15, -0.1) is 0 Å². The Morgan fingerprint density at radius 2 is 1.79 bits per heavy atom. The van der Waals surface area contributed by atoms with Crippen LogP contribution in [0.5, 0.6) is 0 Å². The molecule has 0 saturated carbocycles. The predicted octanol–water partition coefficient (Wildman–Crippen LogP) is 4.35. The molecule has 0 radical (unpaired) electrons. The Kier molecular flexibility index (Phi) is 3.22. The fourth-order valence-corrected chi connectivity index (χ4v) is 2.60. The number of fused-ring (bicyclic) bond motifs is 1. The standard InChI is InChI=1S/C16H11BrO2/c17-10-12-7-4-8-14-16(12)13(18)9-15(19-14)11-5-2-1-3-6-11/h1-9H,10H2. The van der Waals surface area contributed by atoms with Crippen molar-refractivity contribution in [3.05, 3.63) is 70.4 Å². The topological polar surface area (TPSA) is 30.2 Å². The Morgan fingerprint density at radius 1 is 1.00 bits per heavy atom. The van der Waals surface area contributed by atoms with E-state index in [9.17, 15) is 4.79 Å². The number of hydrogen-bond donors (Lipinski definition) is 0. The molecule has 2 nitrogen and oxygen atoms in total. The van der Waals surface area contributed by atoms with Crippen molar-refractivity contribution in [2.24, 2.45) is 0 Å². The molecule has 2 aromatic carbocycles. The van der Waals surface area contributed by atoms with Crippen LogP contribution in [-0.4, -0.2) is 0 Å². The Bertz CT molecular complexity index is 776. The average Bonchev–Trinajstić information content (AvgIpc) is 2.47. The number of alkyl halides is 1. The minimum absolute atomic E-state index is 0.00449. The molecule has 3 aromatic rings. The first-order valence-electron chi connectivity index (χ1n) is 5.97. The molecule has 3 rings (SSSR count). The summed E-state index contributed by atoms with van der Waals surface area (Å²) in [6.45, 7) is 0. The quantitative estimate of drug-likeness (QED) is 0.658. The second-order valence-electron chi connectivity index (χ2n) is 4.26. The molecular weight excluding hydrogens is 304 g/mol. The molecule has 0 spiro atoms. The van der Waals surface area contributed by atoms with E-state index in [0.717, 1.165) is 11.1 Å². The number of rotatable bonds is 2. The lowest BCUT2D eigenvalue weighted by Crippen LogP contribution is -2.03. The molecule has 94 valence electrons. The van der Waals surface area contributed by atoms with Gasteiger partial charge in [0.05, 0.1) is 5.39 Å². The van der Waals surface area contributed by atoms with E-state index < -0.39 is 0 Å². The van der Waals surface area contributed by atoms with Crippen molar-refractivity contribution in [1.29, 1.82) is 0 Å². The SMILES string of the molecule is O=c1cc(-c2ccccc2)oc2cccc(CBr)c12. The van der Waals surface area contributed by atoms with Crippen LogP contribution in [0.3, 0.4) is 0 Å². The van der Waals surface area contributed by atoms with Crippen molar-refractivity contribution in [3.63, 3.8) is 0 Å². The number of benzene rings is 2. The van der Waals surface area contributed by atoms with Crippen molar-refractivity contribution < 1.29 is 4.42 Å². The second kappa shape index (κ2) is 5.02. The van der Waals surface area contributed by atoms with Gasteiger partial charge in [0.25, 0.3) is 0 Å². The zero-order valence-corrected chi connectivity index (χ0v) is 11.7. The van der Waals surface area contributed by atoms with Gasteiger partial charge in [0, 0.05) is 17.0 Å². The summed E-state index contributed by atoms with van der Waals surface area (Å²) in [6, 6.07) is 16.9. The highest BCUT2D eigenvalue weighted by Crippen LogP contribution is 2.24. The molecule has 0 bridgehead atoms. The van der Waals surface area contributed by atoms with Crippen molar-refractivity contribution in [2.45, 2.75) is 5.33 Å². The molecule has 1 heterocycles. The van der Waals surface area contributed by atoms with Gasteiger partial charge in [0.2, 0.25) is 0 Å². The smallest absolute Gasteiger partial charge is 0.193 e. The van der Waals surface area contributed by atoms with Gasteiger partial charge in [-0.05, 0) is 11.6 Å². The fraction of sp³-hybridized carbons (Fsp3) is 0.0625. The zero-order chi connectivity index (χ0) is 13.2. The van der Waals surface area contributed by atoms with Crippen LogP contribution in [0.2, 0.25) is 0 Å². The Morgan fingerprint density at radius 3 is 2.53 bits per heavy atom. The molecule has 3 heteroatoms. The normalized spacial score (nSPS) is 10.8. The van der Waals surface area contributed by atoms with E-state index in [1.165, 1.54) is 0 Å². The molecule has 0 unspecified atom stereocenters. The third-order valence-electron chi connectivity index (χ3n) is 3.04. The number of hydrogen-bond acceptors (Lipinski definition) is 2. The van der Waals surface area contributed by atoms with Gasteiger partial charge in [0.1, 0.15) is 11.3 Å². The average molecular weight is 315 g/mol. The monoisotopic (exact) mass is 314 g/mol. The van der Waals surface area contributed by atoms with Gasteiger partial charge >= 0.3 is 0 Å². The highest BCUT2D eigenvalue weighted by atomic mass is 79.9. The van der Waals surface area contributed by atoms with Crippen LogP contribution in [0, 0.1) is 0 Å². The van der Waals surface area contributed by atoms with Crippen molar-refractivity contribution >= 4 is 26.9 Å². The summed E-state index contributed by atoms with van der Waals surface area (Å²) in [6.07, 6.45) is 0. The predicted molar refractivity (Wildman–Crippen MR) is 80.6 cm³/mol. The lowest BCUT2D eigenvalue weighted by molar-refractivity contribution is 0.618. The van der Waals surface area contributed by atoms with Gasteiger partial charge in [-0.25, -0.2) is 0 Å². The number of halogens is 1. The summed E-state index contributed by atoms with van der Waals surface area (Å²) in [7, 11) is 0. The zero-order valence-electron chi connectivity index (χ0n) is 10.1. The van der Waals surface area contributed by atoms with Gasteiger partial charge in [-0.1, -0.05) is 58.4 Å². The first-order chi connectivity index (χ1) is 9.29. The third kappa shape index (κ3) is 2.22. The van der Waals surface area contributed by atoms with Crippen molar-refractivity contribution in [2.75, 3.05) is 0 Å². The lowest BCUT2D eigenvalue weighted by Gasteiger charge is -2.05. The summed E-state index contributed by atoms with van der Waals surface area (Å²) in [5, 5.41) is 1.29. The molecule has 0 atom stereocenters. The van der Waals surface area contributed by atoms with Crippen LogP contribution in [0.1, 0.15) is 5.56 Å². The molecule has 0 fully saturated rings. The first-order valence-corrected chi connectivity index (χ1v) is 7.09. The highest BCUT2D eigenvalue weighted by Gasteiger charge is 2.09. The van der Waals surface area contributed by atoms with E-state index in [2.05, 4.69) is 15.9 Å². The largest absolute Gasteiger partial charge is 0.456 e. The maximum Gasteiger partial charge on any atom is 0.193 e. The molecule has 0 amide bonds. The minimum atomic E-state index is -0.00449. The highest BCUT2D eigenvalue weighted by molar-refractivity contribution is 9.08. The Labute approximate surface area is 118 Å².